The summed E-state index contributed by atoms with van der Waals surface area (Å²) in [4.78, 5) is 16.2. The predicted octanol–water partition coefficient (Wildman–Crippen LogP) is 5.32. The second-order valence-electron chi connectivity index (χ2n) is 7.53. The highest BCUT2D eigenvalue weighted by Crippen LogP contribution is 2.38. The molecule has 28 heavy (non-hydrogen) atoms. The number of nitrogens with zero attached hydrogens (tertiary/aromatic N) is 3. The van der Waals surface area contributed by atoms with Crippen LogP contribution in [0.3, 0.4) is 0 Å². The zero-order chi connectivity index (χ0) is 19.6. The van der Waals surface area contributed by atoms with Gasteiger partial charge in [-0.3, -0.25) is 0 Å². The summed E-state index contributed by atoms with van der Waals surface area (Å²) in [7, 11) is 0. The number of aromatic nitrogens is 3. The number of carbonyl (C=O) groups is 1. The van der Waals surface area contributed by atoms with E-state index in [1.54, 1.807) is 6.07 Å². The van der Waals surface area contributed by atoms with Gasteiger partial charge in [0.25, 0.3) is 0 Å². The van der Waals surface area contributed by atoms with Crippen molar-refractivity contribution in [3.8, 4) is 0 Å². The van der Waals surface area contributed by atoms with Gasteiger partial charge in [-0.25, -0.2) is 14.3 Å². The van der Waals surface area contributed by atoms with Crippen LogP contribution in [0.2, 0.25) is 0 Å². The van der Waals surface area contributed by atoms with Gasteiger partial charge in [0.15, 0.2) is 11.3 Å². The second-order valence-corrected chi connectivity index (χ2v) is 7.53. The summed E-state index contributed by atoms with van der Waals surface area (Å²) in [5, 5.41) is 19.8. The molecule has 0 fully saturated rings. The molecule has 2 heterocycles. The van der Waals surface area contributed by atoms with E-state index >= 15 is 0 Å². The molecule has 0 aliphatic heterocycles. The smallest absolute Gasteiger partial charge is 0.354 e. The lowest BCUT2D eigenvalue weighted by Gasteiger charge is -2.10. The lowest BCUT2D eigenvalue weighted by Crippen LogP contribution is -2.08. The second kappa shape index (κ2) is 5.76. The summed E-state index contributed by atoms with van der Waals surface area (Å²) in [6, 6.07) is 16.1. The zero-order valence-electron chi connectivity index (χ0n) is 15.9. The highest BCUT2D eigenvalue weighted by molar-refractivity contribution is 6.28. The van der Waals surface area contributed by atoms with Gasteiger partial charge in [0.1, 0.15) is 5.52 Å². The van der Waals surface area contributed by atoms with Crippen molar-refractivity contribution in [2.45, 2.75) is 26.7 Å². The zero-order valence-corrected chi connectivity index (χ0v) is 15.9. The Morgan fingerprint density at radius 2 is 1.71 bits per heavy atom. The Kier molecular flexibility index (Phi) is 3.43. The molecule has 5 nitrogen and oxygen atoms in total. The predicted molar refractivity (Wildman–Crippen MR) is 111 cm³/mol. The summed E-state index contributed by atoms with van der Waals surface area (Å²) in [5.41, 5.74) is 3.46. The third-order valence-corrected chi connectivity index (χ3v) is 5.42. The number of fused-ring (bicyclic) bond motifs is 8. The van der Waals surface area contributed by atoms with Crippen molar-refractivity contribution in [2.24, 2.45) is 0 Å². The summed E-state index contributed by atoms with van der Waals surface area (Å²) >= 11 is 0. The Hall–Kier alpha value is -3.47. The summed E-state index contributed by atoms with van der Waals surface area (Å²) < 4.78 is 1.82. The van der Waals surface area contributed by atoms with Crippen molar-refractivity contribution in [2.75, 3.05) is 0 Å². The van der Waals surface area contributed by atoms with E-state index in [9.17, 15) is 9.90 Å². The summed E-state index contributed by atoms with van der Waals surface area (Å²) in [5.74, 6) is -0.919. The van der Waals surface area contributed by atoms with Crippen molar-refractivity contribution in [1.82, 2.24) is 14.6 Å². The molecule has 138 valence electrons. The molecule has 5 rings (SSSR count). The molecule has 0 saturated carbocycles. The minimum atomic E-state index is -1.03. The van der Waals surface area contributed by atoms with E-state index in [-0.39, 0.29) is 11.6 Å². The summed E-state index contributed by atoms with van der Waals surface area (Å²) in [6.07, 6.45) is 0. The van der Waals surface area contributed by atoms with Crippen LogP contribution in [-0.2, 0) is 0 Å². The van der Waals surface area contributed by atoms with Crippen molar-refractivity contribution >= 4 is 44.1 Å². The maximum absolute atomic E-state index is 11.7. The maximum atomic E-state index is 11.7. The molecule has 1 N–H and O–H groups in total. The Labute approximate surface area is 161 Å². The van der Waals surface area contributed by atoms with Gasteiger partial charge >= 0.3 is 5.97 Å². The van der Waals surface area contributed by atoms with Crippen LogP contribution in [0.15, 0.2) is 48.5 Å². The molecule has 0 aliphatic rings. The van der Waals surface area contributed by atoms with Crippen LogP contribution >= 0.6 is 0 Å². The molecule has 0 radical (unpaired) electrons. The number of rotatable bonds is 2. The first kappa shape index (κ1) is 16.7. The standard InChI is InChI=1S/C23H19N3O2/c1-12(2)18-11-17(23(27)28)24-22-20-19-13(3)7-6-10-15(19)14-8-4-5-9-16(14)21(20)25-26(18)22/h4-12H,1-3H3,(H,27,28). The molecule has 3 aromatic carbocycles. The molecule has 2 aromatic heterocycles. The SMILES string of the molecule is Cc1cccc2c3ccccc3c3nn4c(C(C)C)cc(C(=O)O)nc4c3c12. The Balaban J connectivity index is 2.16. The van der Waals surface area contributed by atoms with Crippen LogP contribution in [0, 0.1) is 6.92 Å². The number of hydrogen-bond donors (Lipinski definition) is 1. The lowest BCUT2D eigenvalue weighted by atomic mass is 9.95. The molecule has 0 aliphatic carbocycles. The molecule has 0 spiro atoms. The molecular weight excluding hydrogens is 350 g/mol. The molecular formula is C23H19N3O2. The van der Waals surface area contributed by atoms with Gasteiger partial charge in [-0.15, -0.1) is 0 Å². The van der Waals surface area contributed by atoms with Gasteiger partial charge in [-0.05, 0) is 40.6 Å². The van der Waals surface area contributed by atoms with Gasteiger partial charge in [0.2, 0.25) is 0 Å². The van der Waals surface area contributed by atoms with Crippen LogP contribution in [0.1, 0.15) is 41.5 Å². The minimum absolute atomic E-state index is 0.0490. The van der Waals surface area contributed by atoms with Crippen molar-refractivity contribution in [3.63, 3.8) is 0 Å². The molecule has 0 bridgehead atoms. The topological polar surface area (TPSA) is 67.5 Å². The Morgan fingerprint density at radius 1 is 1.00 bits per heavy atom. The number of carboxylic acid groups (broad SMARTS) is 1. The molecule has 5 aromatic rings. The van der Waals surface area contributed by atoms with Gasteiger partial charge in [-0.2, -0.15) is 5.10 Å². The molecule has 0 amide bonds. The average Bonchev–Trinajstić information content (AvgIpc) is 3.07. The normalized spacial score (nSPS) is 12.0. The number of benzene rings is 3. The molecule has 0 saturated heterocycles. The largest absolute Gasteiger partial charge is 0.477 e. The van der Waals surface area contributed by atoms with Gasteiger partial charge < -0.3 is 5.11 Å². The number of hydrogen-bond acceptors (Lipinski definition) is 3. The van der Waals surface area contributed by atoms with Gasteiger partial charge in [0, 0.05) is 11.1 Å². The molecule has 5 heteroatoms. The minimum Gasteiger partial charge on any atom is -0.477 e. The van der Waals surface area contributed by atoms with Gasteiger partial charge in [-0.1, -0.05) is 56.3 Å². The lowest BCUT2D eigenvalue weighted by molar-refractivity contribution is 0.0690. The van der Waals surface area contributed by atoms with Crippen molar-refractivity contribution in [1.29, 1.82) is 0 Å². The molecule has 0 atom stereocenters. The van der Waals surface area contributed by atoms with Gasteiger partial charge in [0.05, 0.1) is 5.39 Å². The maximum Gasteiger partial charge on any atom is 0.354 e. The monoisotopic (exact) mass is 369 g/mol. The van der Waals surface area contributed by atoms with Crippen molar-refractivity contribution < 1.29 is 9.90 Å². The average molecular weight is 369 g/mol. The van der Waals surface area contributed by atoms with E-state index in [2.05, 4.69) is 42.2 Å². The van der Waals surface area contributed by atoms with E-state index in [1.807, 2.05) is 30.5 Å². The number of aryl methyl sites for hydroxylation is 1. The van der Waals surface area contributed by atoms with Crippen LogP contribution in [0.4, 0.5) is 0 Å². The fourth-order valence-corrected chi connectivity index (χ4v) is 4.13. The fraction of sp³-hybridized carbons (Fsp3) is 0.174. The quantitative estimate of drug-likeness (QED) is 0.428. The third kappa shape index (κ3) is 2.16. The van der Waals surface area contributed by atoms with E-state index in [1.165, 1.54) is 0 Å². The van der Waals surface area contributed by atoms with E-state index in [0.29, 0.717) is 5.65 Å². The highest BCUT2D eigenvalue weighted by atomic mass is 16.4. The van der Waals surface area contributed by atoms with Crippen LogP contribution in [0.5, 0.6) is 0 Å². The fourth-order valence-electron chi connectivity index (χ4n) is 4.13. The van der Waals surface area contributed by atoms with Crippen molar-refractivity contribution in [3.05, 3.63) is 65.5 Å². The third-order valence-electron chi connectivity index (χ3n) is 5.42. The highest BCUT2D eigenvalue weighted by Gasteiger charge is 2.21. The first-order chi connectivity index (χ1) is 13.5. The van der Waals surface area contributed by atoms with Crippen LogP contribution in [0.25, 0.3) is 38.1 Å². The van der Waals surface area contributed by atoms with E-state index in [4.69, 9.17) is 5.10 Å². The number of carboxylic acids is 1. The Morgan fingerprint density at radius 3 is 2.43 bits per heavy atom. The Bertz CT molecular complexity index is 1430. The number of aromatic carboxylic acids is 1. The first-order valence-corrected chi connectivity index (χ1v) is 9.34. The first-order valence-electron chi connectivity index (χ1n) is 9.34. The molecule has 0 unspecified atom stereocenters. The van der Waals surface area contributed by atoms with E-state index in [0.717, 1.165) is 43.7 Å². The summed E-state index contributed by atoms with van der Waals surface area (Å²) in [6.45, 7) is 6.15. The van der Waals surface area contributed by atoms with Crippen LogP contribution < -0.4 is 0 Å². The van der Waals surface area contributed by atoms with Crippen LogP contribution in [-0.4, -0.2) is 25.7 Å². The van der Waals surface area contributed by atoms with E-state index < -0.39 is 5.97 Å².